The van der Waals surface area contributed by atoms with Crippen molar-refractivity contribution >= 4 is 62.7 Å². The molecule has 0 aliphatic carbocycles. The molecular weight excluding hydrogens is 502 g/mol. The average Bonchev–Trinajstić information content (AvgIpc) is 3.43. The number of furan rings is 1. The van der Waals surface area contributed by atoms with E-state index in [2.05, 4.69) is 15.3 Å². The highest BCUT2D eigenvalue weighted by Crippen LogP contribution is 2.35. The molecule has 0 amide bonds. The van der Waals surface area contributed by atoms with Crippen LogP contribution in [0.1, 0.15) is 5.82 Å². The van der Waals surface area contributed by atoms with Gasteiger partial charge in [-0.05, 0) is 48.5 Å². The van der Waals surface area contributed by atoms with Crippen LogP contribution in [0.25, 0.3) is 27.1 Å². The number of nitrogens with zero attached hydrogens (tertiary/aromatic N) is 4. The van der Waals surface area contributed by atoms with Gasteiger partial charge < -0.3 is 9.15 Å². The Morgan fingerprint density at radius 3 is 2.39 bits per heavy atom. The second-order valence-corrected chi connectivity index (χ2v) is 9.01. The van der Waals surface area contributed by atoms with Gasteiger partial charge in [-0.15, -0.1) is 15.3 Å². The molecule has 0 radical (unpaired) electrons. The molecule has 0 aliphatic rings. The van der Waals surface area contributed by atoms with Crippen LogP contribution in [0.2, 0.25) is 20.1 Å². The minimum absolute atomic E-state index is 0.134. The molecule has 0 aliphatic heterocycles. The fourth-order valence-electron chi connectivity index (χ4n) is 2.87. The Balaban J connectivity index is 1.40. The third-order valence-electron chi connectivity index (χ3n) is 4.32. The summed E-state index contributed by atoms with van der Waals surface area (Å²) in [5, 5.41) is 15.5. The molecule has 5 rings (SSSR count). The molecule has 6 nitrogen and oxygen atoms in total. The number of halogens is 4. The number of rotatable bonds is 5. The first-order valence-corrected chi connectivity index (χ1v) is 11.2. The summed E-state index contributed by atoms with van der Waals surface area (Å²) in [5.41, 5.74) is 0.745. The lowest BCUT2D eigenvalue weighted by Crippen LogP contribution is -2.02. The quantitative estimate of drug-likeness (QED) is 0.247. The van der Waals surface area contributed by atoms with E-state index in [1.165, 1.54) is 11.3 Å². The number of hydrogen-bond donors (Lipinski definition) is 0. The van der Waals surface area contributed by atoms with Crippen molar-refractivity contribution in [3.05, 3.63) is 74.4 Å². The summed E-state index contributed by atoms with van der Waals surface area (Å²) in [6.07, 6.45) is 0. The largest absolute Gasteiger partial charge is 0.484 e. The third kappa shape index (κ3) is 4.12. The number of fused-ring (bicyclic) bond motifs is 1. The van der Waals surface area contributed by atoms with Crippen molar-refractivity contribution in [2.75, 3.05) is 0 Å². The monoisotopic (exact) mass is 510 g/mol. The van der Waals surface area contributed by atoms with Gasteiger partial charge in [0.05, 0.1) is 10.0 Å². The van der Waals surface area contributed by atoms with Crippen LogP contribution in [-0.2, 0) is 6.61 Å². The Hall–Kier alpha value is -2.29. The molecule has 2 aromatic carbocycles. The minimum Gasteiger partial charge on any atom is -0.484 e. The van der Waals surface area contributed by atoms with Crippen molar-refractivity contribution in [1.82, 2.24) is 19.8 Å². The van der Waals surface area contributed by atoms with E-state index in [0.29, 0.717) is 53.2 Å². The highest BCUT2D eigenvalue weighted by molar-refractivity contribution is 7.19. The van der Waals surface area contributed by atoms with Crippen molar-refractivity contribution < 1.29 is 9.15 Å². The SMILES string of the molecule is Clc1ccc(OCc2nnc3sc(-c4ccc(-c5ccc(Cl)cc5Cl)o4)nn23)c(Cl)c1. The first kappa shape index (κ1) is 20.6. The van der Waals surface area contributed by atoms with Gasteiger partial charge in [0.2, 0.25) is 4.96 Å². The molecule has 156 valence electrons. The Morgan fingerprint density at radius 2 is 1.61 bits per heavy atom. The van der Waals surface area contributed by atoms with Gasteiger partial charge in [-0.1, -0.05) is 57.7 Å². The van der Waals surface area contributed by atoms with E-state index in [9.17, 15) is 0 Å². The lowest BCUT2D eigenvalue weighted by molar-refractivity contribution is 0.293. The van der Waals surface area contributed by atoms with Crippen LogP contribution in [-0.4, -0.2) is 19.8 Å². The number of aromatic nitrogens is 4. The van der Waals surface area contributed by atoms with Gasteiger partial charge in [-0.25, -0.2) is 0 Å². The summed E-state index contributed by atoms with van der Waals surface area (Å²) >= 11 is 25.7. The minimum atomic E-state index is 0.134. The molecule has 3 aromatic heterocycles. The first-order chi connectivity index (χ1) is 15.0. The maximum absolute atomic E-state index is 6.28. The highest BCUT2D eigenvalue weighted by atomic mass is 35.5. The molecular formula is C20H10Cl4N4O2S. The molecule has 3 heterocycles. The fraction of sp³-hybridized carbons (Fsp3) is 0.0500. The number of ether oxygens (including phenoxy) is 1. The van der Waals surface area contributed by atoms with Crippen LogP contribution in [0, 0.1) is 0 Å². The lowest BCUT2D eigenvalue weighted by Gasteiger charge is -2.06. The van der Waals surface area contributed by atoms with Crippen molar-refractivity contribution in [3.63, 3.8) is 0 Å². The summed E-state index contributed by atoms with van der Waals surface area (Å²) in [7, 11) is 0. The molecule has 0 fully saturated rings. The van der Waals surface area contributed by atoms with Gasteiger partial charge >= 0.3 is 0 Å². The van der Waals surface area contributed by atoms with Gasteiger partial charge in [-0.3, -0.25) is 0 Å². The molecule has 0 N–H and O–H groups in total. The van der Waals surface area contributed by atoms with Crippen LogP contribution in [0.3, 0.4) is 0 Å². The van der Waals surface area contributed by atoms with Crippen LogP contribution in [0.4, 0.5) is 0 Å². The molecule has 0 unspecified atom stereocenters. The van der Waals surface area contributed by atoms with Crippen LogP contribution in [0.15, 0.2) is 52.9 Å². The normalized spacial score (nSPS) is 11.4. The van der Waals surface area contributed by atoms with Gasteiger partial charge in [0, 0.05) is 15.6 Å². The molecule has 0 atom stereocenters. The van der Waals surface area contributed by atoms with Gasteiger partial charge in [-0.2, -0.15) is 4.52 Å². The van der Waals surface area contributed by atoms with Crippen molar-refractivity contribution in [2.45, 2.75) is 6.61 Å². The zero-order valence-corrected chi connectivity index (χ0v) is 19.2. The van der Waals surface area contributed by atoms with Crippen LogP contribution >= 0.6 is 57.7 Å². The summed E-state index contributed by atoms with van der Waals surface area (Å²) < 4.78 is 13.3. The summed E-state index contributed by atoms with van der Waals surface area (Å²) in [5.74, 6) is 2.22. The van der Waals surface area contributed by atoms with E-state index in [0.717, 1.165) is 5.56 Å². The second kappa shape index (κ2) is 8.33. The zero-order chi connectivity index (χ0) is 21.5. The topological polar surface area (TPSA) is 65.5 Å². The lowest BCUT2D eigenvalue weighted by atomic mass is 10.2. The smallest absolute Gasteiger partial charge is 0.235 e. The van der Waals surface area contributed by atoms with Crippen molar-refractivity contribution in [1.29, 1.82) is 0 Å². The van der Waals surface area contributed by atoms with Crippen molar-refractivity contribution in [3.8, 4) is 27.8 Å². The molecule has 11 heteroatoms. The fourth-order valence-corrected chi connectivity index (χ4v) is 4.65. The maximum Gasteiger partial charge on any atom is 0.235 e. The first-order valence-electron chi connectivity index (χ1n) is 8.82. The molecule has 0 saturated heterocycles. The molecule has 5 aromatic rings. The van der Waals surface area contributed by atoms with Gasteiger partial charge in [0.15, 0.2) is 16.6 Å². The average molecular weight is 512 g/mol. The predicted octanol–water partition coefficient (Wildman–Crippen LogP) is 7.31. The maximum atomic E-state index is 6.28. The third-order valence-corrected chi connectivity index (χ3v) is 6.31. The van der Waals surface area contributed by atoms with Crippen LogP contribution in [0.5, 0.6) is 5.75 Å². The van der Waals surface area contributed by atoms with Crippen molar-refractivity contribution in [2.24, 2.45) is 0 Å². The molecule has 0 spiro atoms. The van der Waals surface area contributed by atoms with E-state index >= 15 is 0 Å². The molecule has 0 bridgehead atoms. The Morgan fingerprint density at radius 1 is 0.871 bits per heavy atom. The summed E-state index contributed by atoms with van der Waals surface area (Å²) in [4.78, 5) is 0.610. The van der Waals surface area contributed by atoms with E-state index in [1.807, 2.05) is 18.2 Å². The second-order valence-electron chi connectivity index (χ2n) is 6.37. The number of hydrogen-bond acceptors (Lipinski definition) is 6. The van der Waals surface area contributed by atoms with Gasteiger partial charge in [0.1, 0.15) is 18.1 Å². The van der Waals surface area contributed by atoms with E-state index < -0.39 is 0 Å². The Bertz CT molecular complexity index is 1410. The summed E-state index contributed by atoms with van der Waals surface area (Å²) in [6, 6.07) is 13.9. The van der Waals surface area contributed by atoms with E-state index in [1.54, 1.807) is 34.8 Å². The Kier molecular flexibility index (Phi) is 5.54. The van der Waals surface area contributed by atoms with E-state index in [4.69, 9.17) is 55.6 Å². The van der Waals surface area contributed by atoms with Crippen LogP contribution < -0.4 is 4.74 Å². The Labute approximate surface area is 199 Å². The zero-order valence-electron chi connectivity index (χ0n) is 15.4. The summed E-state index contributed by atoms with van der Waals surface area (Å²) in [6.45, 7) is 0.134. The van der Waals surface area contributed by atoms with Gasteiger partial charge in [0.25, 0.3) is 0 Å². The standard InChI is InChI=1S/C20H10Cl4N4O2S/c21-10-1-3-12(13(23)7-10)15-5-6-17(30-15)19-27-28-18(25-26-20(28)31-19)9-29-16-4-2-11(22)8-14(16)24/h1-8H,9H2. The predicted molar refractivity (Wildman–Crippen MR) is 123 cm³/mol. The van der Waals surface area contributed by atoms with E-state index in [-0.39, 0.29) is 6.61 Å². The number of benzene rings is 2. The molecule has 0 saturated carbocycles. The molecule has 31 heavy (non-hydrogen) atoms. The highest BCUT2D eigenvalue weighted by Gasteiger charge is 2.17.